The zero-order valence-electron chi connectivity index (χ0n) is 30.3. The summed E-state index contributed by atoms with van der Waals surface area (Å²) in [7, 11) is 1.63. The lowest BCUT2D eigenvalue weighted by molar-refractivity contribution is -0.120. The maximum atomic E-state index is 15.3. The van der Waals surface area contributed by atoms with Crippen LogP contribution in [0.3, 0.4) is 0 Å². The molecule has 2 aliphatic carbocycles. The van der Waals surface area contributed by atoms with Gasteiger partial charge < -0.3 is 16.8 Å². The second-order valence-electron chi connectivity index (χ2n) is 14.3. The number of alkyl halides is 4. The Kier molecular flexibility index (Phi) is 9.92. The van der Waals surface area contributed by atoms with E-state index in [0.717, 1.165) is 12.1 Å². The zero-order valence-corrected chi connectivity index (χ0v) is 31.1. The smallest absolute Gasteiger partial charge is 0.344 e. The van der Waals surface area contributed by atoms with E-state index in [2.05, 4.69) is 37.4 Å². The predicted molar refractivity (Wildman–Crippen MR) is 199 cm³/mol. The number of hydrogen-bond acceptors (Lipinski definition) is 8. The van der Waals surface area contributed by atoms with E-state index in [1.807, 2.05) is 0 Å². The van der Waals surface area contributed by atoms with Crippen LogP contribution < -0.4 is 22.5 Å². The number of nitrogens with one attached hydrogen (secondary N) is 2. The highest BCUT2D eigenvalue weighted by molar-refractivity contribution is 6.37. The lowest BCUT2D eigenvalue weighted by Crippen LogP contribution is -2.35. The first-order valence-electron chi connectivity index (χ1n) is 17.4. The highest BCUT2D eigenvalue weighted by atomic mass is 35.5. The van der Waals surface area contributed by atoms with E-state index in [9.17, 15) is 27.2 Å². The third-order valence-corrected chi connectivity index (χ3v) is 10.3. The molecule has 3 atom stereocenters. The van der Waals surface area contributed by atoms with E-state index in [4.69, 9.17) is 28.1 Å². The number of nitrogen functional groups attached to an aromatic ring is 1. The van der Waals surface area contributed by atoms with Crippen LogP contribution >= 0.6 is 11.6 Å². The summed E-state index contributed by atoms with van der Waals surface area (Å²) in [6.45, 7) is 2.39. The number of allylic oxidation sites excluding steroid dienone is 2. The minimum absolute atomic E-state index is 0.0444. The fourth-order valence-electron chi connectivity index (χ4n) is 7.26. The number of benzene rings is 2. The van der Waals surface area contributed by atoms with Crippen LogP contribution in [0.4, 0.5) is 32.2 Å². The van der Waals surface area contributed by atoms with E-state index < -0.39 is 82.5 Å². The summed E-state index contributed by atoms with van der Waals surface area (Å²) in [6, 6.07) is 7.96. The van der Waals surface area contributed by atoms with Crippen molar-refractivity contribution in [2.75, 3.05) is 12.3 Å². The largest absolute Gasteiger partial charge is 0.397 e. The number of halogens is 7. The second kappa shape index (κ2) is 14.4. The van der Waals surface area contributed by atoms with Crippen molar-refractivity contribution in [1.29, 1.82) is 0 Å². The molecular formula is C38H33ClF6N10O2. The summed E-state index contributed by atoms with van der Waals surface area (Å²) >= 11 is 6.53. The van der Waals surface area contributed by atoms with Crippen LogP contribution in [0.5, 0.6) is 0 Å². The van der Waals surface area contributed by atoms with Gasteiger partial charge >= 0.3 is 5.69 Å². The number of rotatable bonds is 9. The highest BCUT2D eigenvalue weighted by Gasteiger charge is 2.67. The molecule has 0 bridgehead atoms. The molecule has 57 heavy (non-hydrogen) atoms. The number of pyridine rings is 1. The summed E-state index contributed by atoms with van der Waals surface area (Å²) in [5.41, 5.74) is 9.31. The van der Waals surface area contributed by atoms with Crippen molar-refractivity contribution in [3.8, 4) is 23.0 Å². The van der Waals surface area contributed by atoms with Crippen molar-refractivity contribution in [2.24, 2.45) is 29.6 Å². The number of anilines is 1. The fraction of sp³-hybridized carbons (Fsp3) is 0.316. The van der Waals surface area contributed by atoms with Gasteiger partial charge in [-0.2, -0.15) is 19.0 Å². The Balaban J connectivity index is 1.36. The van der Waals surface area contributed by atoms with Gasteiger partial charge in [0.25, 0.3) is 12.3 Å². The first kappa shape index (κ1) is 39.2. The zero-order chi connectivity index (χ0) is 41.1. The molecule has 296 valence electrons. The molecule has 2 saturated carbocycles. The van der Waals surface area contributed by atoms with Gasteiger partial charge in [-0.1, -0.05) is 23.6 Å². The average molecular weight is 811 g/mol. The normalized spacial score (nSPS) is 19.4. The quantitative estimate of drug-likeness (QED) is 0.114. The van der Waals surface area contributed by atoms with Crippen LogP contribution in [-0.2, 0) is 23.8 Å². The van der Waals surface area contributed by atoms with Gasteiger partial charge in [0.15, 0.2) is 5.82 Å². The molecular weight excluding hydrogens is 778 g/mol. The number of amides is 1. The second-order valence-corrected chi connectivity index (χ2v) is 14.7. The molecule has 2 fully saturated rings. The van der Waals surface area contributed by atoms with Gasteiger partial charge in [0.2, 0.25) is 5.91 Å². The molecule has 19 heteroatoms. The summed E-state index contributed by atoms with van der Waals surface area (Å²) in [5.74, 6) is -2.49. The van der Waals surface area contributed by atoms with E-state index in [-0.39, 0.29) is 40.6 Å². The minimum Gasteiger partial charge on any atom is -0.397 e. The van der Waals surface area contributed by atoms with Crippen LogP contribution in [0.25, 0.3) is 22.0 Å². The number of carbonyl (C=O) groups excluding carboxylic acids is 1. The van der Waals surface area contributed by atoms with Gasteiger partial charge in [0.1, 0.15) is 41.5 Å². The molecule has 2 aliphatic rings. The van der Waals surface area contributed by atoms with Gasteiger partial charge in [0, 0.05) is 35.7 Å². The number of aryl methyl sites for hydroxylation is 1. The van der Waals surface area contributed by atoms with Crippen molar-refractivity contribution in [3.05, 3.63) is 104 Å². The molecule has 0 radical (unpaired) electrons. The van der Waals surface area contributed by atoms with Gasteiger partial charge in [-0.25, -0.2) is 32.4 Å². The Labute approximate surface area is 325 Å². The van der Waals surface area contributed by atoms with Crippen molar-refractivity contribution < 1.29 is 31.1 Å². The molecule has 0 aliphatic heterocycles. The number of nitrogens with two attached hydrogens (primary N) is 2. The van der Waals surface area contributed by atoms with Crippen molar-refractivity contribution in [2.45, 2.75) is 50.6 Å². The van der Waals surface area contributed by atoms with E-state index in [0.29, 0.717) is 28.1 Å². The lowest BCUT2D eigenvalue weighted by atomic mass is 9.93. The molecule has 3 aromatic heterocycles. The Morgan fingerprint density at radius 3 is 2.53 bits per heavy atom. The Morgan fingerprint density at radius 2 is 1.86 bits per heavy atom. The summed E-state index contributed by atoms with van der Waals surface area (Å²) in [4.78, 5) is 34.7. The topological polar surface area (TPSA) is 175 Å². The Bertz CT molecular complexity index is 2620. The molecule has 0 spiro atoms. The van der Waals surface area contributed by atoms with Crippen molar-refractivity contribution in [1.82, 2.24) is 34.8 Å². The van der Waals surface area contributed by atoms with Crippen molar-refractivity contribution in [3.63, 3.8) is 0 Å². The molecule has 3 heterocycles. The highest BCUT2D eigenvalue weighted by Crippen LogP contribution is 2.62. The third-order valence-electron chi connectivity index (χ3n) is 9.98. The fourth-order valence-corrected chi connectivity index (χ4v) is 7.51. The minimum atomic E-state index is -3.60. The molecule has 5 aromatic rings. The first-order valence-corrected chi connectivity index (χ1v) is 17.8. The Morgan fingerprint density at radius 1 is 1.16 bits per heavy atom. The average Bonchev–Trinajstić information content (AvgIpc) is 3.64. The number of hydrogen-bond donors (Lipinski definition) is 4. The van der Waals surface area contributed by atoms with Gasteiger partial charge in [-0.3, -0.25) is 19.0 Å². The molecule has 1 amide bonds. The lowest BCUT2D eigenvalue weighted by Gasteiger charge is -2.23. The first-order chi connectivity index (χ1) is 26.9. The van der Waals surface area contributed by atoms with Gasteiger partial charge in [-0.05, 0) is 74.4 Å². The summed E-state index contributed by atoms with van der Waals surface area (Å²) < 4.78 is 89.6. The summed E-state index contributed by atoms with van der Waals surface area (Å²) in [5, 5.41) is 13.8. The van der Waals surface area contributed by atoms with Gasteiger partial charge in [-0.15, -0.1) is 0 Å². The van der Waals surface area contributed by atoms with E-state index >= 15 is 8.78 Å². The molecule has 0 saturated heterocycles. The number of fused-ring (bicyclic) bond motifs is 2. The number of H-pyrrole nitrogens is 1. The number of nitrogens with zero attached hydrogens (tertiary/aromatic N) is 6. The van der Waals surface area contributed by atoms with Crippen LogP contribution in [0.2, 0.25) is 5.02 Å². The van der Waals surface area contributed by atoms with Gasteiger partial charge in [0.05, 0.1) is 33.4 Å². The molecule has 6 N–H and O–H groups in total. The van der Waals surface area contributed by atoms with Crippen LogP contribution in [0.1, 0.15) is 43.3 Å². The van der Waals surface area contributed by atoms with Crippen molar-refractivity contribution >= 4 is 39.9 Å². The summed E-state index contributed by atoms with van der Waals surface area (Å²) in [6.07, 6.45) is -2.28. The maximum absolute atomic E-state index is 15.3. The molecule has 2 aromatic carbocycles. The predicted octanol–water partition coefficient (Wildman–Crippen LogP) is 5.42. The van der Waals surface area contributed by atoms with Crippen LogP contribution in [0, 0.1) is 35.3 Å². The maximum Gasteiger partial charge on any atom is 0.344 e. The number of aromatic amines is 1. The SMILES string of the molecule is Cn1nc(N)c2c(Cl)ccc(-c3ccc(C#CC(C)(C)n4cn[nH]c4=O)nc3C(Cc3cc(F)cc(F)c3)NC(=O)CN=C3C(=C(N)C(F)F)C4CC4C3(F)F)c21. The standard InChI is InChI=1S/C38H33ClF6N10O2/c1-37(2,55-16-49-52-36(55)57)9-8-20-4-5-21(22-6-7-25(39)29-32(22)54(3)53-35(29)47)31(50-20)26(12-17-10-18(40)13-19(41)11-17)51-27(56)15-48-33-28(30(46)34(42)43)23-14-24(23)38(33,44)45/h4-7,10-11,13,16,23-24,26,34H,12,14-15,46H2,1-3H3,(H2,47,53)(H,51,56)(H,52,57). The van der Waals surface area contributed by atoms with E-state index in [1.54, 1.807) is 45.2 Å². The molecule has 7 rings (SSSR count). The van der Waals surface area contributed by atoms with E-state index in [1.165, 1.54) is 15.6 Å². The van der Waals surface area contributed by atoms with Crippen LogP contribution in [-0.4, -0.2) is 60.0 Å². The third kappa shape index (κ3) is 7.34. The molecule has 3 unspecified atom stereocenters. The Hall–Kier alpha value is -6.09. The number of aliphatic imine (C=N–C) groups is 1. The number of aromatic nitrogens is 6. The van der Waals surface area contributed by atoms with Crippen LogP contribution in [0.15, 0.2) is 69.8 Å². The molecule has 12 nitrogen and oxygen atoms in total. The monoisotopic (exact) mass is 810 g/mol. The number of carbonyl (C=O) groups is 1.